The number of alkyl halides is 3. The first-order valence-corrected chi connectivity index (χ1v) is 14.3. The minimum absolute atomic E-state index is 0.0358. The van der Waals surface area contributed by atoms with E-state index >= 15 is 0 Å². The second kappa shape index (κ2) is 10.7. The summed E-state index contributed by atoms with van der Waals surface area (Å²) in [7, 11) is 0. The molecule has 0 radical (unpaired) electrons. The number of carbonyl (C=O) groups excluding carboxylic acids is 1. The first-order valence-electron chi connectivity index (χ1n) is 14.3. The molecule has 0 bridgehead atoms. The van der Waals surface area contributed by atoms with Crippen molar-refractivity contribution in [2.75, 3.05) is 26.2 Å². The number of carboxylic acids is 1. The zero-order chi connectivity index (χ0) is 28.9. The number of piperidine rings is 1. The fourth-order valence-corrected chi connectivity index (χ4v) is 6.97. The Morgan fingerprint density at radius 1 is 1.07 bits per heavy atom. The number of aromatic nitrogens is 1. The highest BCUT2D eigenvalue weighted by Crippen LogP contribution is 2.49. The van der Waals surface area contributed by atoms with Gasteiger partial charge in [0.15, 0.2) is 0 Å². The minimum Gasteiger partial charge on any atom is -0.481 e. The molecule has 11 heteroatoms. The van der Waals surface area contributed by atoms with E-state index in [-0.39, 0.29) is 36.1 Å². The van der Waals surface area contributed by atoms with E-state index in [1.807, 2.05) is 0 Å². The highest BCUT2D eigenvalue weighted by Gasteiger charge is 2.56. The fourth-order valence-electron chi connectivity index (χ4n) is 6.97. The normalized spacial score (nSPS) is 29.2. The molecule has 41 heavy (non-hydrogen) atoms. The molecule has 1 amide bonds. The van der Waals surface area contributed by atoms with E-state index in [0.717, 1.165) is 30.7 Å². The highest BCUT2D eigenvalue weighted by molar-refractivity contribution is 5.86. The first-order chi connectivity index (χ1) is 19.5. The molecule has 0 spiro atoms. The lowest BCUT2D eigenvalue weighted by Crippen LogP contribution is -2.59. The predicted octanol–water partition coefficient (Wildman–Crippen LogP) is 4.64. The Balaban J connectivity index is 1.13. The maximum Gasteiger partial charge on any atom is 0.417 e. The quantitative estimate of drug-likeness (QED) is 0.524. The third-order valence-electron chi connectivity index (χ3n) is 9.41. The van der Waals surface area contributed by atoms with Gasteiger partial charge in [-0.15, -0.1) is 0 Å². The van der Waals surface area contributed by atoms with Gasteiger partial charge in [-0.25, -0.2) is 4.39 Å². The standard InChI is InChI=1S/C30H33F4N3O4/c31-22-5-1-18(2-6-22)24-8-11-36(16-25(24)27(38)39)23-7-10-29(41-17-23,20-3-4-20)28(40)37-12-9-26-19(15-37)13-21(14-35-26)30(32,33)34/h1-2,5-6,13-14,20,23-25H,3-4,7-12,15-17H2,(H,38,39)/t23-,24+,25-,29+/m1/s1. The number of benzene rings is 1. The van der Waals surface area contributed by atoms with Gasteiger partial charge in [-0.2, -0.15) is 13.2 Å². The van der Waals surface area contributed by atoms with E-state index < -0.39 is 29.2 Å². The molecule has 3 aliphatic heterocycles. The average Bonchev–Trinajstić information content (AvgIpc) is 3.82. The van der Waals surface area contributed by atoms with Crippen LogP contribution in [0, 0.1) is 17.7 Å². The molecule has 7 nitrogen and oxygen atoms in total. The number of carbonyl (C=O) groups is 2. The summed E-state index contributed by atoms with van der Waals surface area (Å²) in [6, 6.07) is 7.09. The third-order valence-corrected chi connectivity index (χ3v) is 9.41. The number of pyridine rings is 1. The van der Waals surface area contributed by atoms with E-state index in [0.29, 0.717) is 63.2 Å². The van der Waals surface area contributed by atoms with Gasteiger partial charge in [-0.3, -0.25) is 19.5 Å². The van der Waals surface area contributed by atoms with Crippen LogP contribution in [0.3, 0.4) is 0 Å². The molecule has 1 saturated carbocycles. The maximum atomic E-state index is 13.9. The molecule has 1 aliphatic carbocycles. The average molecular weight is 576 g/mol. The molecule has 1 N–H and O–H groups in total. The van der Waals surface area contributed by atoms with Crippen LogP contribution in [0.4, 0.5) is 17.6 Å². The van der Waals surface area contributed by atoms with Gasteiger partial charge in [0.2, 0.25) is 0 Å². The van der Waals surface area contributed by atoms with Crippen LogP contribution in [-0.4, -0.2) is 69.7 Å². The summed E-state index contributed by atoms with van der Waals surface area (Å²) in [5, 5.41) is 10.0. The van der Waals surface area contributed by atoms with Crippen LogP contribution in [-0.2, 0) is 33.5 Å². The molecule has 1 aromatic heterocycles. The lowest BCUT2D eigenvalue weighted by molar-refractivity contribution is -0.177. The van der Waals surface area contributed by atoms with Gasteiger partial charge in [0.1, 0.15) is 11.4 Å². The lowest BCUT2D eigenvalue weighted by Gasteiger charge is -2.47. The number of nitrogens with zero attached hydrogens (tertiary/aromatic N) is 3. The van der Waals surface area contributed by atoms with Crippen molar-refractivity contribution in [3.63, 3.8) is 0 Å². The van der Waals surface area contributed by atoms with Crippen molar-refractivity contribution in [3.8, 4) is 0 Å². The van der Waals surface area contributed by atoms with Gasteiger partial charge in [-0.1, -0.05) is 12.1 Å². The van der Waals surface area contributed by atoms with Crippen molar-refractivity contribution in [2.24, 2.45) is 11.8 Å². The largest absolute Gasteiger partial charge is 0.481 e. The van der Waals surface area contributed by atoms with Gasteiger partial charge in [0.05, 0.1) is 18.1 Å². The molecule has 2 saturated heterocycles. The molecule has 6 rings (SSSR count). The van der Waals surface area contributed by atoms with Crippen molar-refractivity contribution < 1.29 is 37.0 Å². The third kappa shape index (κ3) is 5.46. The van der Waals surface area contributed by atoms with E-state index in [4.69, 9.17) is 4.74 Å². The van der Waals surface area contributed by atoms with Gasteiger partial charge in [0.25, 0.3) is 5.91 Å². The predicted molar refractivity (Wildman–Crippen MR) is 139 cm³/mol. The van der Waals surface area contributed by atoms with Gasteiger partial charge in [0, 0.05) is 44.0 Å². The Morgan fingerprint density at radius 2 is 1.83 bits per heavy atom. The number of carboxylic acid groups (broad SMARTS) is 1. The first kappa shape index (κ1) is 28.1. The van der Waals surface area contributed by atoms with Crippen LogP contribution < -0.4 is 0 Å². The lowest BCUT2D eigenvalue weighted by atomic mass is 9.79. The molecular weight excluding hydrogens is 542 g/mol. The van der Waals surface area contributed by atoms with Gasteiger partial charge >= 0.3 is 12.1 Å². The zero-order valence-corrected chi connectivity index (χ0v) is 22.6. The monoisotopic (exact) mass is 575 g/mol. The van der Waals surface area contributed by atoms with E-state index in [1.165, 1.54) is 12.1 Å². The topological polar surface area (TPSA) is 83.0 Å². The maximum absolute atomic E-state index is 13.9. The number of likely N-dealkylation sites (tertiary alicyclic amines) is 1. The van der Waals surface area contributed by atoms with E-state index in [2.05, 4.69) is 9.88 Å². The van der Waals surface area contributed by atoms with Crippen molar-refractivity contribution in [1.82, 2.24) is 14.8 Å². The number of ether oxygens (including phenoxy) is 1. The highest BCUT2D eigenvalue weighted by atomic mass is 19.4. The summed E-state index contributed by atoms with van der Waals surface area (Å²) in [4.78, 5) is 33.9. The zero-order valence-electron chi connectivity index (χ0n) is 22.6. The van der Waals surface area contributed by atoms with E-state index in [9.17, 15) is 32.3 Å². The summed E-state index contributed by atoms with van der Waals surface area (Å²) in [6.07, 6.45) is 0.244. The molecule has 1 aromatic carbocycles. The van der Waals surface area contributed by atoms with Crippen LogP contribution in [0.25, 0.3) is 0 Å². The van der Waals surface area contributed by atoms with Crippen molar-refractivity contribution in [1.29, 1.82) is 0 Å². The number of aliphatic carboxylic acids is 1. The molecular formula is C30H33F4N3O4. The number of fused-ring (bicyclic) bond motifs is 1. The molecule has 4 aliphatic rings. The Labute approximate surface area is 235 Å². The molecule has 220 valence electrons. The second-order valence-corrected chi connectivity index (χ2v) is 11.9. The Bertz CT molecular complexity index is 1310. The summed E-state index contributed by atoms with van der Waals surface area (Å²) < 4.78 is 59.7. The Morgan fingerprint density at radius 3 is 2.46 bits per heavy atom. The van der Waals surface area contributed by atoms with Crippen LogP contribution >= 0.6 is 0 Å². The van der Waals surface area contributed by atoms with Crippen LogP contribution in [0.1, 0.15) is 60.4 Å². The van der Waals surface area contributed by atoms with Crippen LogP contribution in [0.5, 0.6) is 0 Å². The van der Waals surface area contributed by atoms with Crippen molar-refractivity contribution in [2.45, 2.75) is 68.8 Å². The van der Waals surface area contributed by atoms with Gasteiger partial charge in [-0.05, 0) is 79.8 Å². The molecule has 4 heterocycles. The minimum atomic E-state index is -4.50. The summed E-state index contributed by atoms with van der Waals surface area (Å²) in [5.41, 5.74) is 0.00761. The molecule has 4 atom stereocenters. The van der Waals surface area contributed by atoms with Crippen LogP contribution in [0.15, 0.2) is 36.5 Å². The molecule has 3 fully saturated rings. The number of hydrogen-bond donors (Lipinski definition) is 1. The Hall–Kier alpha value is -3.05. The number of hydrogen-bond acceptors (Lipinski definition) is 5. The summed E-state index contributed by atoms with van der Waals surface area (Å²) >= 11 is 0. The smallest absolute Gasteiger partial charge is 0.417 e. The van der Waals surface area contributed by atoms with Gasteiger partial charge < -0.3 is 14.7 Å². The van der Waals surface area contributed by atoms with Crippen LogP contribution in [0.2, 0.25) is 0 Å². The number of rotatable bonds is 5. The Kier molecular flexibility index (Phi) is 7.30. The number of amides is 1. The number of halogens is 4. The van der Waals surface area contributed by atoms with Crippen molar-refractivity contribution >= 4 is 11.9 Å². The SMILES string of the molecule is O=C(O)[C@@H]1CN([C@@H]2CC[C@@](C(=O)N3CCc4ncc(C(F)(F)F)cc4C3)(C3CC3)OC2)CC[C@H]1c1ccc(F)cc1. The second-order valence-electron chi connectivity index (χ2n) is 11.9. The van der Waals surface area contributed by atoms with Crippen molar-refractivity contribution in [3.05, 3.63) is 64.7 Å². The molecule has 2 aromatic rings. The summed E-state index contributed by atoms with van der Waals surface area (Å²) in [5.74, 6) is -2.20. The fraction of sp³-hybridized carbons (Fsp3) is 0.567. The molecule has 0 unspecified atom stereocenters. The van der Waals surface area contributed by atoms with E-state index in [1.54, 1.807) is 17.0 Å². The summed E-state index contributed by atoms with van der Waals surface area (Å²) in [6.45, 7) is 1.75.